The predicted octanol–water partition coefficient (Wildman–Crippen LogP) is 0.158. The van der Waals surface area contributed by atoms with E-state index >= 15 is 0 Å². The van der Waals surface area contributed by atoms with Crippen LogP contribution < -0.4 is 0 Å². The van der Waals surface area contributed by atoms with Crippen LogP contribution in [0.3, 0.4) is 0 Å². The lowest BCUT2D eigenvalue weighted by Crippen LogP contribution is -2.17. The van der Waals surface area contributed by atoms with Crippen LogP contribution in [0.2, 0.25) is 0 Å². The van der Waals surface area contributed by atoms with Crippen LogP contribution in [0.5, 0.6) is 0 Å². The van der Waals surface area contributed by atoms with Gasteiger partial charge in [-0.25, -0.2) is 0 Å². The van der Waals surface area contributed by atoms with Crippen molar-refractivity contribution in [1.82, 2.24) is 0 Å². The number of hydrogen-bond donors (Lipinski definition) is 2. The maximum absolute atomic E-state index is 8.69. The van der Waals surface area contributed by atoms with Crippen molar-refractivity contribution in [2.45, 2.75) is 25.6 Å². The Kier molecular flexibility index (Phi) is 5.40. The molecule has 0 aromatic rings. The number of nitrogens with zero attached hydrogens (tertiary/aromatic N) is 1. The maximum atomic E-state index is 8.69. The molecular formula is C5H11NO5. The van der Waals surface area contributed by atoms with Crippen LogP contribution in [-0.4, -0.2) is 28.3 Å². The quantitative estimate of drug-likeness (QED) is 0.394. The Labute approximate surface area is 63.5 Å². The number of aliphatic hydroxyl groups is 1. The lowest BCUT2D eigenvalue weighted by Gasteiger charge is -2.16. The SMILES string of the molecule is O=[N+]([O-])O.OC1CCCCO1. The third-order valence-electron chi connectivity index (χ3n) is 1.16. The maximum Gasteiger partial charge on any atom is 0.291 e. The van der Waals surface area contributed by atoms with Gasteiger partial charge in [0.15, 0.2) is 6.29 Å². The molecular weight excluding hydrogens is 154 g/mol. The molecule has 2 N–H and O–H groups in total. The van der Waals surface area contributed by atoms with Gasteiger partial charge in [0.2, 0.25) is 0 Å². The zero-order valence-electron chi connectivity index (χ0n) is 5.97. The normalized spacial score (nSPS) is 23.2. The van der Waals surface area contributed by atoms with Gasteiger partial charge in [-0.1, -0.05) is 0 Å². The minimum absolute atomic E-state index is 0.464. The molecule has 1 heterocycles. The van der Waals surface area contributed by atoms with E-state index in [4.69, 9.17) is 25.2 Å². The van der Waals surface area contributed by atoms with Crippen molar-refractivity contribution >= 4 is 0 Å². The van der Waals surface area contributed by atoms with Crippen LogP contribution in [0.15, 0.2) is 0 Å². The molecule has 1 saturated heterocycles. The van der Waals surface area contributed by atoms with E-state index in [2.05, 4.69) is 0 Å². The highest BCUT2D eigenvalue weighted by Gasteiger charge is 2.07. The zero-order chi connectivity index (χ0) is 8.69. The topological polar surface area (TPSA) is 92.8 Å². The summed E-state index contributed by atoms with van der Waals surface area (Å²) in [6.45, 7) is 0.737. The summed E-state index contributed by atoms with van der Waals surface area (Å²) in [5.41, 5.74) is 0. The molecule has 1 unspecified atom stereocenters. The van der Waals surface area contributed by atoms with Gasteiger partial charge in [-0.3, -0.25) is 0 Å². The second-order valence-corrected chi connectivity index (χ2v) is 2.06. The Morgan fingerprint density at radius 1 is 1.55 bits per heavy atom. The number of ether oxygens (including phenoxy) is 1. The Bertz CT molecular complexity index is 107. The van der Waals surface area contributed by atoms with E-state index in [9.17, 15) is 0 Å². The molecule has 1 aliphatic heterocycles. The van der Waals surface area contributed by atoms with Crippen LogP contribution in [0.4, 0.5) is 0 Å². The zero-order valence-corrected chi connectivity index (χ0v) is 5.97. The molecule has 0 aliphatic carbocycles. The molecule has 6 nitrogen and oxygen atoms in total. The van der Waals surface area contributed by atoms with Gasteiger partial charge in [0.05, 0.1) is 0 Å². The van der Waals surface area contributed by atoms with Gasteiger partial charge in [0.1, 0.15) is 0 Å². The highest BCUT2D eigenvalue weighted by atomic mass is 16.9. The van der Waals surface area contributed by atoms with Gasteiger partial charge in [-0.15, -0.1) is 10.1 Å². The van der Waals surface area contributed by atoms with Crippen molar-refractivity contribution in [2.24, 2.45) is 0 Å². The standard InChI is InChI=1S/C5H10O2.HNO3/c6-5-3-1-2-4-7-5;2-1(3)4/h5-6H,1-4H2;(H,2,3,4). The molecule has 0 saturated carbocycles. The summed E-state index contributed by atoms with van der Waals surface area (Å²) >= 11 is 0. The summed E-state index contributed by atoms with van der Waals surface area (Å²) in [6.07, 6.45) is 2.58. The molecule has 1 atom stereocenters. The number of aliphatic hydroxyl groups excluding tert-OH is 1. The summed E-state index contributed by atoms with van der Waals surface area (Å²) in [6, 6.07) is 0. The highest BCUT2D eigenvalue weighted by Crippen LogP contribution is 2.08. The third-order valence-corrected chi connectivity index (χ3v) is 1.16. The molecule has 0 aromatic heterocycles. The van der Waals surface area contributed by atoms with Crippen molar-refractivity contribution in [3.05, 3.63) is 10.1 Å². The van der Waals surface area contributed by atoms with E-state index in [-0.39, 0.29) is 0 Å². The average Bonchev–Trinajstić information content (AvgIpc) is 1.87. The van der Waals surface area contributed by atoms with Crippen molar-refractivity contribution < 1.29 is 20.1 Å². The fourth-order valence-electron chi connectivity index (χ4n) is 0.724. The van der Waals surface area contributed by atoms with E-state index in [1.54, 1.807) is 0 Å². The van der Waals surface area contributed by atoms with Gasteiger partial charge in [0, 0.05) is 6.61 Å². The van der Waals surface area contributed by atoms with Crippen molar-refractivity contribution in [3.8, 4) is 0 Å². The molecule has 0 radical (unpaired) electrons. The van der Waals surface area contributed by atoms with Gasteiger partial charge in [-0.2, -0.15) is 0 Å². The van der Waals surface area contributed by atoms with Crippen LogP contribution >= 0.6 is 0 Å². The van der Waals surface area contributed by atoms with Crippen LogP contribution in [0.25, 0.3) is 0 Å². The monoisotopic (exact) mass is 165 g/mol. The Hall–Kier alpha value is -0.880. The first kappa shape index (κ1) is 10.1. The minimum atomic E-state index is -1.50. The molecule has 66 valence electrons. The summed E-state index contributed by atoms with van der Waals surface area (Å²) in [4.78, 5) is 8.36. The van der Waals surface area contributed by atoms with E-state index in [1.165, 1.54) is 0 Å². The summed E-state index contributed by atoms with van der Waals surface area (Å²) in [5, 5.41) is 22.3. The first-order valence-electron chi connectivity index (χ1n) is 3.26. The Balaban J connectivity index is 0.000000218. The molecule has 6 heteroatoms. The molecule has 0 bridgehead atoms. The van der Waals surface area contributed by atoms with Gasteiger partial charge >= 0.3 is 0 Å². The van der Waals surface area contributed by atoms with Gasteiger partial charge in [0.25, 0.3) is 5.09 Å². The van der Waals surface area contributed by atoms with E-state index in [0.717, 1.165) is 25.9 Å². The third kappa shape index (κ3) is 9.12. The lowest BCUT2D eigenvalue weighted by molar-refractivity contribution is -0.742. The summed E-state index contributed by atoms with van der Waals surface area (Å²) < 4.78 is 4.83. The lowest BCUT2D eigenvalue weighted by atomic mass is 10.2. The molecule has 1 rings (SSSR count). The highest BCUT2D eigenvalue weighted by molar-refractivity contribution is 4.50. The fraction of sp³-hybridized carbons (Fsp3) is 1.00. The predicted molar refractivity (Wildman–Crippen MR) is 34.6 cm³/mol. The molecule has 1 aliphatic rings. The van der Waals surface area contributed by atoms with Gasteiger partial charge < -0.3 is 15.1 Å². The summed E-state index contributed by atoms with van der Waals surface area (Å²) in [5.74, 6) is 0. The summed E-state index contributed by atoms with van der Waals surface area (Å²) in [7, 11) is 0. The minimum Gasteiger partial charge on any atom is -0.368 e. The van der Waals surface area contributed by atoms with E-state index in [1.807, 2.05) is 0 Å². The van der Waals surface area contributed by atoms with Crippen LogP contribution in [-0.2, 0) is 4.74 Å². The first-order valence-corrected chi connectivity index (χ1v) is 3.26. The van der Waals surface area contributed by atoms with Gasteiger partial charge in [-0.05, 0) is 19.3 Å². The van der Waals surface area contributed by atoms with Crippen molar-refractivity contribution in [1.29, 1.82) is 0 Å². The van der Waals surface area contributed by atoms with E-state index < -0.39 is 11.4 Å². The molecule has 11 heavy (non-hydrogen) atoms. The van der Waals surface area contributed by atoms with Crippen LogP contribution in [0, 0.1) is 10.1 Å². The second-order valence-electron chi connectivity index (χ2n) is 2.06. The first-order chi connectivity index (χ1) is 5.13. The van der Waals surface area contributed by atoms with Crippen molar-refractivity contribution in [2.75, 3.05) is 6.61 Å². The smallest absolute Gasteiger partial charge is 0.291 e. The number of rotatable bonds is 0. The van der Waals surface area contributed by atoms with Crippen molar-refractivity contribution in [3.63, 3.8) is 0 Å². The molecule has 0 spiro atoms. The molecule has 1 fully saturated rings. The number of hydrogen-bond acceptors (Lipinski definition) is 4. The second kappa shape index (κ2) is 5.87. The molecule has 0 aromatic carbocycles. The average molecular weight is 165 g/mol. The Morgan fingerprint density at radius 3 is 2.27 bits per heavy atom. The van der Waals surface area contributed by atoms with Crippen LogP contribution in [0.1, 0.15) is 19.3 Å². The fourth-order valence-corrected chi connectivity index (χ4v) is 0.724. The largest absolute Gasteiger partial charge is 0.368 e. The Morgan fingerprint density at radius 2 is 2.09 bits per heavy atom. The molecule has 0 amide bonds. The van der Waals surface area contributed by atoms with E-state index in [0.29, 0.717) is 0 Å².